The molecule has 112 valence electrons. The molecule has 20 heavy (non-hydrogen) atoms. The van der Waals surface area contributed by atoms with Crippen molar-refractivity contribution in [2.45, 2.75) is 34.1 Å². The lowest BCUT2D eigenvalue weighted by atomic mass is 9.91. The average molecular weight is 334 g/mol. The number of hydrogen-bond acceptors (Lipinski definition) is 2. The van der Waals surface area contributed by atoms with E-state index in [4.69, 9.17) is 27.8 Å². The van der Waals surface area contributed by atoms with E-state index in [2.05, 4.69) is 25.9 Å². The largest absolute Gasteiger partial charge is 0.460 e. The first-order chi connectivity index (χ1) is 9.07. The highest BCUT2D eigenvalue weighted by Crippen LogP contribution is 2.43. The number of ether oxygens (including phenoxy) is 1. The van der Waals surface area contributed by atoms with Crippen LogP contribution >= 0.6 is 17.0 Å². The van der Waals surface area contributed by atoms with Crippen molar-refractivity contribution in [2.24, 2.45) is 5.41 Å². The van der Waals surface area contributed by atoms with Gasteiger partial charge >= 0.3 is 0 Å². The standard InChI is InChI=1S/C14H21ClNO2PS/c1-11(16-19(15,17)20)13(10-14(2,3)4)18-12-8-6-5-7-9-12/h5-9H,10H2,1-4H3,(H2,16,17,20)/t19-/m1/s1. The lowest BCUT2D eigenvalue weighted by Crippen LogP contribution is -2.16. The smallest absolute Gasteiger partial charge is 0.241 e. The zero-order valence-corrected chi connectivity index (χ0v) is 14.6. The number of hydrogen-bond donors (Lipinski definition) is 2. The Morgan fingerprint density at radius 3 is 2.35 bits per heavy atom. The van der Waals surface area contributed by atoms with E-state index in [0.717, 1.165) is 11.5 Å². The normalized spacial score (nSPS) is 16.1. The van der Waals surface area contributed by atoms with Crippen molar-refractivity contribution in [3.63, 3.8) is 0 Å². The molecule has 0 fully saturated rings. The van der Waals surface area contributed by atoms with Crippen LogP contribution in [-0.2, 0) is 11.8 Å². The third-order valence-corrected chi connectivity index (χ3v) is 3.54. The quantitative estimate of drug-likeness (QED) is 0.601. The Balaban J connectivity index is 3.02. The van der Waals surface area contributed by atoms with Crippen molar-refractivity contribution in [2.75, 3.05) is 0 Å². The number of benzene rings is 1. The van der Waals surface area contributed by atoms with Crippen molar-refractivity contribution in [3.8, 4) is 5.75 Å². The molecule has 0 heterocycles. The third kappa shape index (κ3) is 7.30. The van der Waals surface area contributed by atoms with Crippen LogP contribution in [0.3, 0.4) is 0 Å². The fourth-order valence-electron chi connectivity index (χ4n) is 1.63. The van der Waals surface area contributed by atoms with Crippen LogP contribution < -0.4 is 9.82 Å². The Kier molecular flexibility index (Phi) is 6.08. The molecule has 0 saturated carbocycles. The van der Waals surface area contributed by atoms with Gasteiger partial charge in [0.15, 0.2) is 0 Å². The minimum Gasteiger partial charge on any atom is -0.460 e. The number of rotatable bonds is 5. The van der Waals surface area contributed by atoms with Gasteiger partial charge in [0.05, 0.1) is 5.70 Å². The van der Waals surface area contributed by atoms with Crippen LogP contribution in [0.25, 0.3) is 0 Å². The lowest BCUT2D eigenvalue weighted by Gasteiger charge is -2.23. The van der Waals surface area contributed by atoms with Gasteiger partial charge in [-0.05, 0) is 47.5 Å². The second-order valence-electron chi connectivity index (χ2n) is 5.81. The second kappa shape index (κ2) is 6.95. The molecule has 0 aliphatic rings. The maximum Gasteiger partial charge on any atom is 0.241 e. The molecular weight excluding hydrogens is 313 g/mol. The summed E-state index contributed by atoms with van der Waals surface area (Å²) in [6.45, 7) is 8.16. The van der Waals surface area contributed by atoms with E-state index in [1.165, 1.54) is 0 Å². The van der Waals surface area contributed by atoms with Crippen molar-refractivity contribution in [3.05, 3.63) is 41.8 Å². The molecule has 1 aromatic carbocycles. The molecule has 1 rings (SSSR count). The molecular formula is C14H21ClNO2PS. The molecule has 0 amide bonds. The van der Waals surface area contributed by atoms with Gasteiger partial charge in [0.25, 0.3) is 0 Å². The number of para-hydroxylation sites is 1. The maximum absolute atomic E-state index is 9.59. The highest BCUT2D eigenvalue weighted by molar-refractivity contribution is 8.23. The van der Waals surface area contributed by atoms with E-state index in [0.29, 0.717) is 12.1 Å². The Labute approximate surface area is 130 Å². The molecule has 0 aliphatic heterocycles. The predicted molar refractivity (Wildman–Crippen MR) is 89.3 cm³/mol. The van der Waals surface area contributed by atoms with Gasteiger partial charge in [-0.1, -0.05) is 39.0 Å². The fourth-order valence-corrected chi connectivity index (χ4v) is 2.96. The molecule has 1 atom stereocenters. The van der Waals surface area contributed by atoms with Crippen molar-refractivity contribution >= 4 is 28.8 Å². The molecule has 0 radical (unpaired) electrons. The first kappa shape index (κ1) is 17.5. The topological polar surface area (TPSA) is 41.5 Å². The molecule has 6 heteroatoms. The molecule has 0 bridgehead atoms. The van der Waals surface area contributed by atoms with E-state index >= 15 is 0 Å². The van der Waals surface area contributed by atoms with E-state index in [-0.39, 0.29) is 5.41 Å². The Bertz CT molecular complexity index is 520. The summed E-state index contributed by atoms with van der Waals surface area (Å²) in [7, 11) is 0. The van der Waals surface area contributed by atoms with Crippen molar-refractivity contribution < 1.29 is 9.63 Å². The number of allylic oxidation sites excluding steroid dienone is 2. The van der Waals surface area contributed by atoms with Gasteiger partial charge in [0.1, 0.15) is 11.5 Å². The molecule has 0 saturated heterocycles. The second-order valence-corrected chi connectivity index (χ2v) is 10.7. The summed E-state index contributed by atoms with van der Waals surface area (Å²) in [6.07, 6.45) is 0.701. The molecule has 0 spiro atoms. The van der Waals surface area contributed by atoms with Gasteiger partial charge in [-0.2, -0.15) is 0 Å². The van der Waals surface area contributed by atoms with Crippen LogP contribution in [0.4, 0.5) is 0 Å². The molecule has 3 nitrogen and oxygen atoms in total. The van der Waals surface area contributed by atoms with Gasteiger partial charge in [-0.15, -0.1) is 0 Å². The Morgan fingerprint density at radius 2 is 1.90 bits per heavy atom. The van der Waals surface area contributed by atoms with Gasteiger partial charge in [-0.25, -0.2) is 0 Å². The van der Waals surface area contributed by atoms with Crippen molar-refractivity contribution in [1.82, 2.24) is 5.09 Å². The summed E-state index contributed by atoms with van der Waals surface area (Å²) in [5.41, 5.74) is 0.710. The third-order valence-electron chi connectivity index (χ3n) is 2.40. The van der Waals surface area contributed by atoms with Crippen LogP contribution in [0.15, 0.2) is 41.8 Å². The molecule has 0 unspecified atom stereocenters. The molecule has 1 aromatic rings. The van der Waals surface area contributed by atoms with Crippen LogP contribution in [0.5, 0.6) is 5.75 Å². The van der Waals surface area contributed by atoms with E-state index in [1.807, 2.05) is 37.3 Å². The highest BCUT2D eigenvalue weighted by Gasteiger charge is 2.19. The Morgan fingerprint density at radius 1 is 1.35 bits per heavy atom. The number of nitrogens with one attached hydrogen (secondary N) is 1. The van der Waals surface area contributed by atoms with Crippen LogP contribution in [0, 0.1) is 5.41 Å². The predicted octanol–water partition coefficient (Wildman–Crippen LogP) is 4.78. The van der Waals surface area contributed by atoms with Crippen molar-refractivity contribution in [1.29, 1.82) is 0 Å². The zero-order chi connectivity index (χ0) is 15.4. The highest BCUT2D eigenvalue weighted by atomic mass is 35.7. The summed E-state index contributed by atoms with van der Waals surface area (Å²) in [5.74, 6) is -1.55. The molecule has 0 aliphatic carbocycles. The minimum absolute atomic E-state index is 0.0391. The first-order valence-electron chi connectivity index (χ1n) is 6.30. The summed E-state index contributed by atoms with van der Waals surface area (Å²) >= 11 is 10.5. The zero-order valence-electron chi connectivity index (χ0n) is 12.2. The average Bonchev–Trinajstić information content (AvgIpc) is 2.25. The van der Waals surface area contributed by atoms with E-state index in [1.54, 1.807) is 0 Å². The summed E-state index contributed by atoms with van der Waals surface area (Å²) in [4.78, 5) is 9.59. The van der Waals surface area contributed by atoms with Gasteiger partial charge in [0, 0.05) is 6.42 Å². The monoisotopic (exact) mass is 333 g/mol. The number of halogens is 1. The summed E-state index contributed by atoms with van der Waals surface area (Å²) < 4.78 is 5.92. The SMILES string of the molecule is CC(N[P@](O)(=S)Cl)=C(CC(C)(C)C)Oc1ccccc1. The molecule has 2 N–H and O–H groups in total. The van der Waals surface area contributed by atoms with Gasteiger partial charge in [-0.3, -0.25) is 0 Å². The lowest BCUT2D eigenvalue weighted by molar-refractivity contribution is 0.310. The minimum atomic E-state index is -3.03. The van der Waals surface area contributed by atoms with Crippen LogP contribution in [-0.4, -0.2) is 4.89 Å². The summed E-state index contributed by atoms with van der Waals surface area (Å²) in [6, 6.07) is 9.50. The Hall–Kier alpha value is -0.540. The first-order valence-corrected chi connectivity index (χ1v) is 9.96. The van der Waals surface area contributed by atoms with E-state index in [9.17, 15) is 4.89 Å². The van der Waals surface area contributed by atoms with Gasteiger partial charge in [0.2, 0.25) is 5.77 Å². The van der Waals surface area contributed by atoms with Crippen LogP contribution in [0.1, 0.15) is 34.1 Å². The fraction of sp³-hybridized carbons (Fsp3) is 0.429. The van der Waals surface area contributed by atoms with E-state index < -0.39 is 5.77 Å². The summed E-state index contributed by atoms with van der Waals surface area (Å²) in [5, 5.41) is 2.76. The van der Waals surface area contributed by atoms with Gasteiger partial charge < -0.3 is 14.7 Å². The maximum atomic E-state index is 9.59. The van der Waals surface area contributed by atoms with Crippen LogP contribution in [0.2, 0.25) is 0 Å². The molecule has 0 aromatic heterocycles.